The predicted molar refractivity (Wildman–Crippen MR) is 125 cm³/mol. The van der Waals surface area contributed by atoms with Crippen LogP contribution in [0.2, 0.25) is 0 Å². The standard InChI is InChI=1S/C26H34N2O4/c1-19-10-11-24(21(3)17-19)32-18-26(30)28-14-12-22(13-15-28)27-25(29)9-6-16-31-23-8-5-4-7-20(23)2/h4-5,7-8,10-11,17,22H,6,9,12-16,18H2,1-3H3,(H,27,29). The average molecular weight is 439 g/mol. The Morgan fingerprint density at radius 1 is 0.969 bits per heavy atom. The smallest absolute Gasteiger partial charge is 0.260 e. The van der Waals surface area contributed by atoms with Gasteiger partial charge in [0.05, 0.1) is 6.61 Å². The number of likely N-dealkylation sites (tertiary alicyclic amines) is 1. The Kier molecular flexibility index (Phi) is 8.54. The third-order valence-electron chi connectivity index (χ3n) is 5.79. The van der Waals surface area contributed by atoms with E-state index in [4.69, 9.17) is 9.47 Å². The molecule has 0 bridgehead atoms. The molecule has 0 aromatic heterocycles. The molecule has 2 aromatic carbocycles. The summed E-state index contributed by atoms with van der Waals surface area (Å²) in [5.74, 6) is 1.65. The first-order valence-electron chi connectivity index (χ1n) is 11.4. The zero-order valence-corrected chi connectivity index (χ0v) is 19.4. The summed E-state index contributed by atoms with van der Waals surface area (Å²) < 4.78 is 11.5. The van der Waals surface area contributed by atoms with Crippen LogP contribution >= 0.6 is 0 Å². The fourth-order valence-electron chi connectivity index (χ4n) is 3.90. The van der Waals surface area contributed by atoms with Gasteiger partial charge in [0.1, 0.15) is 11.5 Å². The Morgan fingerprint density at radius 2 is 1.69 bits per heavy atom. The van der Waals surface area contributed by atoms with Gasteiger partial charge in [-0.3, -0.25) is 9.59 Å². The van der Waals surface area contributed by atoms with Crippen molar-refractivity contribution < 1.29 is 19.1 Å². The minimum Gasteiger partial charge on any atom is -0.493 e. The summed E-state index contributed by atoms with van der Waals surface area (Å²) >= 11 is 0. The zero-order valence-electron chi connectivity index (χ0n) is 19.4. The van der Waals surface area contributed by atoms with Gasteiger partial charge in [-0.05, 0) is 63.3 Å². The second kappa shape index (κ2) is 11.6. The van der Waals surface area contributed by atoms with Gasteiger partial charge in [-0.2, -0.15) is 0 Å². The van der Waals surface area contributed by atoms with Crippen molar-refractivity contribution in [3.05, 3.63) is 59.2 Å². The van der Waals surface area contributed by atoms with Crippen molar-refractivity contribution in [1.29, 1.82) is 0 Å². The molecule has 0 atom stereocenters. The summed E-state index contributed by atoms with van der Waals surface area (Å²) in [6, 6.07) is 13.9. The van der Waals surface area contributed by atoms with Gasteiger partial charge < -0.3 is 19.7 Å². The van der Waals surface area contributed by atoms with Crippen molar-refractivity contribution in [2.24, 2.45) is 0 Å². The van der Waals surface area contributed by atoms with Crippen molar-refractivity contribution in [3.8, 4) is 11.5 Å². The maximum Gasteiger partial charge on any atom is 0.260 e. The number of carbonyl (C=O) groups is 2. The van der Waals surface area contributed by atoms with E-state index in [1.165, 1.54) is 5.56 Å². The van der Waals surface area contributed by atoms with Crippen molar-refractivity contribution in [2.45, 2.75) is 52.5 Å². The van der Waals surface area contributed by atoms with Crippen molar-refractivity contribution >= 4 is 11.8 Å². The Bertz CT molecular complexity index is 920. The molecule has 6 heteroatoms. The third kappa shape index (κ3) is 7.01. The van der Waals surface area contributed by atoms with Crippen molar-refractivity contribution in [1.82, 2.24) is 10.2 Å². The van der Waals surface area contributed by atoms with Gasteiger partial charge in [-0.15, -0.1) is 0 Å². The summed E-state index contributed by atoms with van der Waals surface area (Å²) in [4.78, 5) is 26.6. The molecule has 6 nitrogen and oxygen atoms in total. The van der Waals surface area contributed by atoms with Crippen LogP contribution in [0.4, 0.5) is 0 Å². The number of para-hydroxylation sites is 1. The largest absolute Gasteiger partial charge is 0.493 e. The lowest BCUT2D eigenvalue weighted by Gasteiger charge is -2.32. The first-order chi connectivity index (χ1) is 15.4. The van der Waals surface area contributed by atoms with Crippen LogP contribution in [-0.4, -0.2) is 49.1 Å². The molecule has 1 fully saturated rings. The van der Waals surface area contributed by atoms with Crippen LogP contribution in [0.15, 0.2) is 42.5 Å². The molecule has 0 aliphatic carbocycles. The number of benzene rings is 2. The quantitative estimate of drug-likeness (QED) is 0.602. The highest BCUT2D eigenvalue weighted by Crippen LogP contribution is 2.19. The molecule has 1 N–H and O–H groups in total. The van der Waals surface area contributed by atoms with E-state index in [1.54, 1.807) is 0 Å². The topological polar surface area (TPSA) is 67.9 Å². The Labute approximate surface area is 190 Å². The van der Waals surface area contributed by atoms with Crippen LogP contribution in [0.3, 0.4) is 0 Å². The molecule has 0 unspecified atom stereocenters. The highest BCUT2D eigenvalue weighted by molar-refractivity contribution is 5.78. The summed E-state index contributed by atoms with van der Waals surface area (Å²) in [6.45, 7) is 7.86. The van der Waals surface area contributed by atoms with Crippen molar-refractivity contribution in [2.75, 3.05) is 26.3 Å². The zero-order chi connectivity index (χ0) is 22.9. The highest BCUT2D eigenvalue weighted by atomic mass is 16.5. The summed E-state index contributed by atoms with van der Waals surface area (Å²) in [5, 5.41) is 3.10. The predicted octanol–water partition coefficient (Wildman–Crippen LogP) is 3.96. The van der Waals surface area contributed by atoms with E-state index < -0.39 is 0 Å². The van der Waals surface area contributed by atoms with Crippen LogP contribution in [0.25, 0.3) is 0 Å². The van der Waals surface area contributed by atoms with E-state index in [-0.39, 0.29) is 24.5 Å². The first-order valence-corrected chi connectivity index (χ1v) is 11.4. The lowest BCUT2D eigenvalue weighted by Crippen LogP contribution is -2.47. The van der Waals surface area contributed by atoms with Gasteiger partial charge in [0.25, 0.3) is 5.91 Å². The third-order valence-corrected chi connectivity index (χ3v) is 5.79. The maximum absolute atomic E-state index is 12.5. The molecule has 172 valence electrons. The fraction of sp³-hybridized carbons (Fsp3) is 0.462. The number of nitrogens with zero attached hydrogens (tertiary/aromatic N) is 1. The Balaban J connectivity index is 1.31. The molecule has 32 heavy (non-hydrogen) atoms. The molecule has 2 aromatic rings. The molecule has 1 aliphatic rings. The van der Waals surface area contributed by atoms with Gasteiger partial charge in [0.15, 0.2) is 6.61 Å². The molecule has 3 rings (SSSR count). The van der Waals surface area contributed by atoms with E-state index in [0.29, 0.717) is 32.5 Å². The van der Waals surface area contributed by atoms with Crippen LogP contribution in [-0.2, 0) is 9.59 Å². The molecular weight excluding hydrogens is 404 g/mol. The molecule has 0 radical (unpaired) electrons. The monoisotopic (exact) mass is 438 g/mol. The molecule has 1 aliphatic heterocycles. The normalized spacial score (nSPS) is 14.2. The number of rotatable bonds is 9. The number of carbonyl (C=O) groups excluding carboxylic acids is 2. The molecular formula is C26H34N2O4. The van der Waals surface area contributed by atoms with Crippen molar-refractivity contribution in [3.63, 3.8) is 0 Å². The first kappa shape index (κ1) is 23.6. The fourth-order valence-corrected chi connectivity index (χ4v) is 3.90. The molecule has 2 amide bonds. The number of ether oxygens (including phenoxy) is 2. The number of nitrogens with one attached hydrogen (secondary N) is 1. The molecule has 0 saturated carbocycles. The Hall–Kier alpha value is -3.02. The van der Waals surface area contributed by atoms with E-state index >= 15 is 0 Å². The van der Waals surface area contributed by atoms with Gasteiger partial charge in [0, 0.05) is 25.6 Å². The van der Waals surface area contributed by atoms with Crippen LogP contribution in [0.5, 0.6) is 11.5 Å². The number of piperidine rings is 1. The van der Waals surface area contributed by atoms with E-state index in [9.17, 15) is 9.59 Å². The summed E-state index contributed by atoms with van der Waals surface area (Å²) in [5.41, 5.74) is 3.30. The van der Waals surface area contributed by atoms with Crippen LogP contribution in [0.1, 0.15) is 42.4 Å². The highest BCUT2D eigenvalue weighted by Gasteiger charge is 2.24. The maximum atomic E-state index is 12.5. The molecule has 1 saturated heterocycles. The van der Waals surface area contributed by atoms with Gasteiger partial charge >= 0.3 is 0 Å². The number of aryl methyl sites for hydroxylation is 3. The number of hydrogen-bond donors (Lipinski definition) is 1. The van der Waals surface area contributed by atoms with Crippen LogP contribution in [0, 0.1) is 20.8 Å². The summed E-state index contributed by atoms with van der Waals surface area (Å²) in [7, 11) is 0. The van der Waals surface area contributed by atoms with Crippen LogP contribution < -0.4 is 14.8 Å². The SMILES string of the molecule is Cc1ccc(OCC(=O)N2CCC(NC(=O)CCCOc3ccccc3C)CC2)c(C)c1. The minimum atomic E-state index is -0.0110. The lowest BCUT2D eigenvalue weighted by atomic mass is 10.0. The minimum absolute atomic E-state index is 0.0110. The number of amides is 2. The van der Waals surface area contributed by atoms with Gasteiger partial charge in [-0.1, -0.05) is 35.9 Å². The van der Waals surface area contributed by atoms with E-state index in [1.807, 2.05) is 68.1 Å². The molecule has 0 spiro atoms. The lowest BCUT2D eigenvalue weighted by molar-refractivity contribution is -0.134. The van der Waals surface area contributed by atoms with Gasteiger partial charge in [-0.25, -0.2) is 0 Å². The second-order valence-corrected chi connectivity index (χ2v) is 8.50. The summed E-state index contributed by atoms with van der Waals surface area (Å²) in [6.07, 6.45) is 2.64. The Morgan fingerprint density at radius 3 is 2.41 bits per heavy atom. The van der Waals surface area contributed by atoms with Gasteiger partial charge in [0.2, 0.25) is 5.91 Å². The number of hydrogen-bond acceptors (Lipinski definition) is 4. The van der Waals surface area contributed by atoms with E-state index in [0.717, 1.165) is 35.5 Å². The second-order valence-electron chi connectivity index (χ2n) is 8.50. The average Bonchev–Trinajstić information content (AvgIpc) is 2.77. The molecule has 1 heterocycles. The van der Waals surface area contributed by atoms with E-state index in [2.05, 4.69) is 5.32 Å².